The number of carbonyl (C=O) groups is 1. The first kappa shape index (κ1) is 16.7. The van der Waals surface area contributed by atoms with Crippen molar-refractivity contribution in [3.8, 4) is 11.3 Å². The first-order valence-electron chi connectivity index (χ1n) is 7.37. The van der Waals surface area contributed by atoms with Crippen molar-refractivity contribution < 1.29 is 9.21 Å². The molecule has 0 aliphatic heterocycles. The summed E-state index contributed by atoms with van der Waals surface area (Å²) >= 11 is 9.41. The predicted molar refractivity (Wildman–Crippen MR) is 98.0 cm³/mol. The summed E-state index contributed by atoms with van der Waals surface area (Å²) < 4.78 is 6.55. The van der Waals surface area contributed by atoms with Gasteiger partial charge in [-0.2, -0.15) is 0 Å². The highest BCUT2D eigenvalue weighted by atomic mass is 79.9. The molecule has 0 atom stereocenters. The molecule has 0 fully saturated rings. The molecule has 3 aromatic rings. The van der Waals surface area contributed by atoms with Crippen LogP contribution in [0.1, 0.15) is 12.3 Å². The SMILES string of the molecule is O=C(CCc1ncc(-c2ccccc2)o1)Nc1ccc(Br)cc1Cl. The van der Waals surface area contributed by atoms with Crippen molar-refractivity contribution in [2.45, 2.75) is 12.8 Å². The van der Waals surface area contributed by atoms with Gasteiger partial charge in [0.15, 0.2) is 11.7 Å². The zero-order chi connectivity index (χ0) is 16.9. The van der Waals surface area contributed by atoms with Gasteiger partial charge >= 0.3 is 0 Å². The number of carbonyl (C=O) groups excluding carboxylic acids is 1. The van der Waals surface area contributed by atoms with Crippen LogP contribution in [0.3, 0.4) is 0 Å². The van der Waals surface area contributed by atoms with Crippen LogP contribution < -0.4 is 5.32 Å². The van der Waals surface area contributed by atoms with Crippen molar-refractivity contribution >= 4 is 39.1 Å². The fraction of sp³-hybridized carbons (Fsp3) is 0.111. The Morgan fingerprint density at radius 3 is 2.75 bits per heavy atom. The Hall–Kier alpha value is -2.11. The molecular formula is C18H14BrClN2O2. The van der Waals surface area contributed by atoms with Gasteiger partial charge in [0.25, 0.3) is 0 Å². The Labute approximate surface area is 153 Å². The molecule has 0 saturated carbocycles. The molecule has 0 unspecified atom stereocenters. The van der Waals surface area contributed by atoms with E-state index in [0.29, 0.717) is 28.8 Å². The van der Waals surface area contributed by atoms with E-state index in [0.717, 1.165) is 10.0 Å². The molecule has 0 bridgehead atoms. The lowest BCUT2D eigenvalue weighted by atomic mass is 10.2. The molecule has 0 saturated heterocycles. The maximum absolute atomic E-state index is 12.0. The van der Waals surface area contributed by atoms with E-state index in [1.54, 1.807) is 18.3 Å². The van der Waals surface area contributed by atoms with E-state index in [1.165, 1.54) is 0 Å². The van der Waals surface area contributed by atoms with Gasteiger partial charge in [-0.25, -0.2) is 4.98 Å². The lowest BCUT2D eigenvalue weighted by molar-refractivity contribution is -0.116. The number of amides is 1. The van der Waals surface area contributed by atoms with Gasteiger partial charge in [0.2, 0.25) is 5.91 Å². The van der Waals surface area contributed by atoms with Gasteiger partial charge in [0, 0.05) is 22.9 Å². The van der Waals surface area contributed by atoms with E-state index in [1.807, 2.05) is 36.4 Å². The van der Waals surface area contributed by atoms with E-state index in [4.69, 9.17) is 16.0 Å². The quantitative estimate of drug-likeness (QED) is 0.624. The number of nitrogens with zero attached hydrogens (tertiary/aromatic N) is 1. The normalized spacial score (nSPS) is 10.6. The highest BCUT2D eigenvalue weighted by Gasteiger charge is 2.10. The van der Waals surface area contributed by atoms with Crippen LogP contribution in [0.4, 0.5) is 5.69 Å². The molecule has 0 radical (unpaired) electrons. The summed E-state index contributed by atoms with van der Waals surface area (Å²) in [7, 11) is 0. The van der Waals surface area contributed by atoms with Crippen molar-refractivity contribution in [1.82, 2.24) is 4.98 Å². The number of anilines is 1. The van der Waals surface area contributed by atoms with Crippen molar-refractivity contribution in [3.63, 3.8) is 0 Å². The van der Waals surface area contributed by atoms with Crippen LogP contribution in [0.25, 0.3) is 11.3 Å². The molecule has 3 rings (SSSR count). The Bertz CT molecular complexity index is 849. The lowest BCUT2D eigenvalue weighted by Gasteiger charge is -2.06. The summed E-state index contributed by atoms with van der Waals surface area (Å²) in [6, 6.07) is 15.0. The van der Waals surface area contributed by atoms with E-state index >= 15 is 0 Å². The minimum atomic E-state index is -0.140. The molecule has 1 aromatic heterocycles. The highest BCUT2D eigenvalue weighted by molar-refractivity contribution is 9.10. The van der Waals surface area contributed by atoms with E-state index in [-0.39, 0.29) is 12.3 Å². The average Bonchev–Trinajstić information content (AvgIpc) is 3.05. The lowest BCUT2D eigenvalue weighted by Crippen LogP contribution is -2.12. The number of hydrogen-bond donors (Lipinski definition) is 1. The summed E-state index contributed by atoms with van der Waals surface area (Å²) in [6.07, 6.45) is 2.36. The zero-order valence-corrected chi connectivity index (χ0v) is 15.0. The fourth-order valence-corrected chi connectivity index (χ4v) is 2.91. The van der Waals surface area contributed by atoms with Crippen molar-refractivity contribution in [1.29, 1.82) is 0 Å². The first-order chi connectivity index (χ1) is 11.6. The second kappa shape index (κ2) is 7.64. The average molecular weight is 406 g/mol. The highest BCUT2D eigenvalue weighted by Crippen LogP contribution is 2.26. The Balaban J connectivity index is 1.58. The topological polar surface area (TPSA) is 55.1 Å². The number of hydrogen-bond acceptors (Lipinski definition) is 3. The fourth-order valence-electron chi connectivity index (χ4n) is 2.19. The molecule has 1 N–H and O–H groups in total. The van der Waals surface area contributed by atoms with Crippen molar-refractivity contribution in [2.24, 2.45) is 0 Å². The summed E-state index contributed by atoms with van der Waals surface area (Å²) in [4.78, 5) is 16.3. The first-order valence-corrected chi connectivity index (χ1v) is 8.54. The molecule has 4 nitrogen and oxygen atoms in total. The summed E-state index contributed by atoms with van der Waals surface area (Å²) in [6.45, 7) is 0. The maximum Gasteiger partial charge on any atom is 0.224 e. The molecule has 1 heterocycles. The minimum Gasteiger partial charge on any atom is -0.441 e. The number of aromatic nitrogens is 1. The van der Waals surface area contributed by atoms with Crippen LogP contribution in [0.5, 0.6) is 0 Å². The molecule has 0 aliphatic rings. The Kier molecular flexibility index (Phi) is 5.33. The third-order valence-electron chi connectivity index (χ3n) is 3.38. The second-order valence-corrected chi connectivity index (χ2v) is 6.48. The van der Waals surface area contributed by atoms with Gasteiger partial charge in [0.05, 0.1) is 16.9 Å². The number of aryl methyl sites for hydroxylation is 1. The van der Waals surface area contributed by atoms with Crippen molar-refractivity contribution in [2.75, 3.05) is 5.32 Å². The van der Waals surface area contributed by atoms with Gasteiger partial charge in [-0.3, -0.25) is 4.79 Å². The Morgan fingerprint density at radius 1 is 1.21 bits per heavy atom. The smallest absolute Gasteiger partial charge is 0.224 e. The largest absolute Gasteiger partial charge is 0.441 e. The van der Waals surface area contributed by atoms with Gasteiger partial charge in [-0.1, -0.05) is 57.9 Å². The third kappa shape index (κ3) is 4.24. The van der Waals surface area contributed by atoms with E-state index in [9.17, 15) is 4.79 Å². The number of halogens is 2. The number of benzene rings is 2. The predicted octanol–water partition coefficient (Wildman–Crippen LogP) is 5.33. The van der Waals surface area contributed by atoms with Gasteiger partial charge < -0.3 is 9.73 Å². The van der Waals surface area contributed by atoms with Crippen LogP contribution in [0.15, 0.2) is 63.6 Å². The monoisotopic (exact) mass is 404 g/mol. The standard InChI is InChI=1S/C18H14BrClN2O2/c19-13-6-7-15(14(20)10-13)22-17(23)8-9-18-21-11-16(24-18)12-4-2-1-3-5-12/h1-7,10-11H,8-9H2,(H,22,23). The van der Waals surface area contributed by atoms with Crippen LogP contribution in [0.2, 0.25) is 5.02 Å². The number of oxazole rings is 1. The maximum atomic E-state index is 12.0. The van der Waals surface area contributed by atoms with Gasteiger partial charge in [-0.15, -0.1) is 0 Å². The molecule has 122 valence electrons. The molecule has 0 spiro atoms. The van der Waals surface area contributed by atoms with Gasteiger partial charge in [-0.05, 0) is 18.2 Å². The van der Waals surface area contributed by atoms with Crippen molar-refractivity contribution in [3.05, 3.63) is 70.1 Å². The van der Waals surface area contributed by atoms with E-state index in [2.05, 4.69) is 26.2 Å². The van der Waals surface area contributed by atoms with Crippen LogP contribution in [-0.2, 0) is 11.2 Å². The molecule has 2 aromatic carbocycles. The minimum absolute atomic E-state index is 0.140. The molecule has 0 aliphatic carbocycles. The molecule has 6 heteroatoms. The van der Waals surface area contributed by atoms with Crippen LogP contribution in [0, 0.1) is 0 Å². The van der Waals surface area contributed by atoms with Gasteiger partial charge in [0.1, 0.15) is 0 Å². The third-order valence-corrected chi connectivity index (χ3v) is 4.19. The molecular weight excluding hydrogens is 392 g/mol. The van der Waals surface area contributed by atoms with Crippen LogP contribution in [-0.4, -0.2) is 10.9 Å². The molecule has 24 heavy (non-hydrogen) atoms. The molecule has 1 amide bonds. The summed E-state index contributed by atoms with van der Waals surface area (Å²) in [5.74, 6) is 1.09. The van der Waals surface area contributed by atoms with E-state index < -0.39 is 0 Å². The summed E-state index contributed by atoms with van der Waals surface area (Å²) in [5, 5.41) is 3.27. The second-order valence-electron chi connectivity index (χ2n) is 5.16. The Morgan fingerprint density at radius 2 is 2.00 bits per heavy atom. The van der Waals surface area contributed by atoms with Crippen LogP contribution >= 0.6 is 27.5 Å². The summed E-state index contributed by atoms with van der Waals surface area (Å²) in [5.41, 5.74) is 1.55. The number of nitrogens with one attached hydrogen (secondary N) is 1. The zero-order valence-electron chi connectivity index (χ0n) is 12.6. The number of rotatable bonds is 5.